The average Bonchev–Trinajstić information content (AvgIpc) is 3.03. The summed E-state index contributed by atoms with van der Waals surface area (Å²) in [6.07, 6.45) is 19.7. The van der Waals surface area contributed by atoms with Crippen molar-refractivity contribution in [2.75, 3.05) is 0 Å². The Bertz CT molecular complexity index is 368. The molecule has 0 saturated carbocycles. The van der Waals surface area contributed by atoms with Gasteiger partial charge in [-0.25, -0.2) is 0 Å². The van der Waals surface area contributed by atoms with Crippen molar-refractivity contribution in [3.05, 3.63) is 46.6 Å². The summed E-state index contributed by atoms with van der Waals surface area (Å²) in [5, 5.41) is 0. The fourth-order valence-electron chi connectivity index (χ4n) is 2.62. The van der Waals surface area contributed by atoms with E-state index in [0.717, 1.165) is 0 Å². The molecule has 0 fully saturated rings. The summed E-state index contributed by atoms with van der Waals surface area (Å²) in [5.41, 5.74) is 6.15. The zero-order valence-corrected chi connectivity index (χ0v) is 15.8. The zero-order chi connectivity index (χ0) is 14.8. The van der Waals surface area contributed by atoms with Crippen molar-refractivity contribution in [2.45, 2.75) is 79.1 Å². The van der Waals surface area contributed by atoms with Gasteiger partial charge >= 0.3 is 0 Å². The first kappa shape index (κ1) is 20.5. The third kappa shape index (κ3) is 9.22. The Morgan fingerprint density at radius 1 is 0.762 bits per heavy atom. The molecular formula is C20H32V. The van der Waals surface area contributed by atoms with E-state index in [1.165, 1.54) is 62.5 Å². The predicted octanol–water partition coefficient (Wildman–Crippen LogP) is 6.90. The molecular weight excluding hydrogens is 291 g/mol. The average molecular weight is 323 g/mol. The first-order valence-corrected chi connectivity index (χ1v) is 8.38. The Morgan fingerprint density at radius 2 is 1.14 bits per heavy atom. The molecule has 21 heavy (non-hydrogen) atoms. The van der Waals surface area contributed by atoms with Gasteiger partial charge in [0.25, 0.3) is 0 Å². The minimum atomic E-state index is 0. The predicted molar refractivity (Wildman–Crippen MR) is 92.0 cm³/mol. The van der Waals surface area contributed by atoms with Crippen molar-refractivity contribution in [1.82, 2.24) is 0 Å². The van der Waals surface area contributed by atoms with E-state index in [-0.39, 0.29) is 18.6 Å². The Labute approximate surface area is 144 Å². The van der Waals surface area contributed by atoms with Crippen molar-refractivity contribution in [3.8, 4) is 0 Å². The maximum atomic E-state index is 2.33. The molecule has 2 rings (SSSR count). The summed E-state index contributed by atoms with van der Waals surface area (Å²) >= 11 is 0. The van der Waals surface area contributed by atoms with Crippen LogP contribution >= 0.6 is 0 Å². The molecule has 0 saturated heterocycles. The monoisotopic (exact) mass is 323 g/mol. The van der Waals surface area contributed by atoms with Crippen molar-refractivity contribution in [2.24, 2.45) is 0 Å². The minimum absolute atomic E-state index is 0. The summed E-state index contributed by atoms with van der Waals surface area (Å²) in [6.45, 7) is 8.85. The summed E-state index contributed by atoms with van der Waals surface area (Å²) in [7, 11) is 0. The topological polar surface area (TPSA) is 0 Å². The van der Waals surface area contributed by atoms with Gasteiger partial charge in [-0.2, -0.15) is 0 Å². The van der Waals surface area contributed by atoms with Crippen LogP contribution in [-0.4, -0.2) is 0 Å². The summed E-state index contributed by atoms with van der Waals surface area (Å²) in [6, 6.07) is 0. The maximum absolute atomic E-state index is 2.33. The van der Waals surface area contributed by atoms with Gasteiger partial charge in [0, 0.05) is 18.6 Å². The third-order valence-corrected chi connectivity index (χ3v) is 3.94. The van der Waals surface area contributed by atoms with Crippen LogP contribution in [0.5, 0.6) is 0 Å². The molecule has 0 aliphatic heterocycles. The van der Waals surface area contributed by atoms with Gasteiger partial charge in [0.2, 0.25) is 0 Å². The largest absolute Gasteiger partial charge is 0.0775 e. The third-order valence-electron chi connectivity index (χ3n) is 3.94. The fourth-order valence-corrected chi connectivity index (χ4v) is 2.62. The van der Waals surface area contributed by atoms with Crippen molar-refractivity contribution >= 4 is 0 Å². The van der Waals surface area contributed by atoms with E-state index in [4.69, 9.17) is 0 Å². The van der Waals surface area contributed by atoms with Crippen LogP contribution < -0.4 is 0 Å². The van der Waals surface area contributed by atoms with Gasteiger partial charge in [-0.15, -0.1) is 0 Å². The first-order chi connectivity index (χ1) is 9.65. The molecule has 2 aliphatic rings. The van der Waals surface area contributed by atoms with Gasteiger partial charge in [0.1, 0.15) is 0 Å². The Kier molecular flexibility index (Phi) is 11.9. The van der Waals surface area contributed by atoms with E-state index in [1.807, 2.05) is 0 Å². The van der Waals surface area contributed by atoms with Gasteiger partial charge in [-0.3, -0.25) is 0 Å². The molecule has 1 heteroatoms. The van der Waals surface area contributed by atoms with Gasteiger partial charge < -0.3 is 0 Å². The molecule has 0 aromatic heterocycles. The van der Waals surface area contributed by atoms with Crippen LogP contribution in [0.1, 0.15) is 79.1 Å². The van der Waals surface area contributed by atoms with Crippen molar-refractivity contribution < 1.29 is 18.6 Å². The van der Waals surface area contributed by atoms with E-state index in [1.54, 1.807) is 11.1 Å². The second kappa shape index (κ2) is 12.1. The van der Waals surface area contributed by atoms with Gasteiger partial charge in [-0.1, -0.05) is 73.3 Å². The molecule has 1 radical (unpaired) electrons. The van der Waals surface area contributed by atoms with Crippen molar-refractivity contribution in [3.63, 3.8) is 0 Å². The van der Waals surface area contributed by atoms with Crippen LogP contribution in [0.15, 0.2) is 46.6 Å². The van der Waals surface area contributed by atoms with Crippen molar-refractivity contribution in [1.29, 1.82) is 0 Å². The van der Waals surface area contributed by atoms with E-state index >= 15 is 0 Å². The normalized spacial score (nSPS) is 16.2. The molecule has 0 spiro atoms. The zero-order valence-electron chi connectivity index (χ0n) is 14.4. The fraction of sp³-hybridized carbons (Fsp3) is 0.600. The minimum Gasteiger partial charge on any atom is -0.0775 e. The molecule has 0 aromatic carbocycles. The smallest absolute Gasteiger partial charge is 0 e. The number of allylic oxidation sites excluding steroid dienone is 8. The number of hydrogen-bond donors (Lipinski definition) is 0. The van der Waals surface area contributed by atoms with E-state index in [9.17, 15) is 0 Å². The second-order valence-electron chi connectivity index (χ2n) is 6.12. The van der Waals surface area contributed by atoms with Gasteiger partial charge in [0.15, 0.2) is 0 Å². The Hall–Kier alpha value is -0.456. The van der Waals surface area contributed by atoms with Crippen LogP contribution in [0, 0.1) is 0 Å². The molecule has 0 heterocycles. The molecule has 0 unspecified atom stereocenters. The number of unbranched alkanes of at least 4 members (excludes halogenated alkanes) is 2. The first-order valence-electron chi connectivity index (χ1n) is 8.38. The molecule has 0 aromatic rings. The SMILES string of the molecule is CCCCC1=CC(C)=CC1.CCCCC1=CC(C)=CC1.[V]. The molecule has 2 aliphatic carbocycles. The van der Waals surface area contributed by atoms with E-state index in [2.05, 4.69) is 52.0 Å². The van der Waals surface area contributed by atoms with Crippen LogP contribution in [0.3, 0.4) is 0 Å². The standard InChI is InChI=1S/2C10H16.V/c2*1-3-4-5-10-7-6-9(2)8-10;/h2*6,8H,3-5,7H2,1-2H3;. The summed E-state index contributed by atoms with van der Waals surface area (Å²) in [5.74, 6) is 0. The summed E-state index contributed by atoms with van der Waals surface area (Å²) in [4.78, 5) is 0. The maximum Gasteiger partial charge on any atom is 0 e. The second-order valence-corrected chi connectivity index (χ2v) is 6.12. The molecule has 117 valence electrons. The molecule has 0 bridgehead atoms. The van der Waals surface area contributed by atoms with Crippen LogP contribution in [0.25, 0.3) is 0 Å². The Morgan fingerprint density at radius 3 is 1.38 bits per heavy atom. The van der Waals surface area contributed by atoms with Gasteiger partial charge in [-0.05, 0) is 52.4 Å². The molecule has 0 atom stereocenters. The molecule has 0 amide bonds. The summed E-state index contributed by atoms with van der Waals surface area (Å²) < 4.78 is 0. The quantitative estimate of drug-likeness (QED) is 0.498. The Balaban J connectivity index is 0.000000364. The van der Waals surface area contributed by atoms with E-state index < -0.39 is 0 Å². The van der Waals surface area contributed by atoms with Crippen LogP contribution in [0.4, 0.5) is 0 Å². The molecule has 0 nitrogen and oxygen atoms in total. The van der Waals surface area contributed by atoms with Crippen LogP contribution in [-0.2, 0) is 18.6 Å². The number of rotatable bonds is 6. The number of hydrogen-bond acceptors (Lipinski definition) is 0. The molecule has 0 N–H and O–H groups in total. The van der Waals surface area contributed by atoms with E-state index in [0.29, 0.717) is 0 Å². The van der Waals surface area contributed by atoms with Crippen LogP contribution in [0.2, 0.25) is 0 Å². The van der Waals surface area contributed by atoms with Gasteiger partial charge in [0.05, 0.1) is 0 Å².